The van der Waals surface area contributed by atoms with E-state index in [1.807, 2.05) is 30.3 Å². The fourth-order valence-electron chi connectivity index (χ4n) is 2.82. The van der Waals surface area contributed by atoms with E-state index in [1.54, 1.807) is 16.8 Å². The van der Waals surface area contributed by atoms with Gasteiger partial charge in [0.05, 0.1) is 0 Å². The molecule has 8 heteroatoms. The van der Waals surface area contributed by atoms with Crippen molar-refractivity contribution in [3.63, 3.8) is 0 Å². The molecule has 1 aromatic heterocycles. The Morgan fingerprint density at radius 1 is 1.08 bits per heavy atom. The van der Waals surface area contributed by atoms with Gasteiger partial charge in [0, 0.05) is 10.7 Å². The molecule has 1 unspecified atom stereocenters. The van der Waals surface area contributed by atoms with Crippen LogP contribution in [0.3, 0.4) is 0 Å². The maximum atomic E-state index is 12.3. The van der Waals surface area contributed by atoms with Gasteiger partial charge in [-0.2, -0.15) is 18.9 Å². The first-order valence-electron chi connectivity index (χ1n) is 7.79. The van der Waals surface area contributed by atoms with Crippen LogP contribution in [0, 0.1) is 0 Å². The second kappa shape index (κ2) is 6.76. The molecule has 0 fully saturated rings. The van der Waals surface area contributed by atoms with E-state index in [2.05, 4.69) is 20.1 Å². The summed E-state index contributed by atoms with van der Waals surface area (Å²) in [4.78, 5) is 4.23. The minimum absolute atomic E-state index is 0.109. The highest BCUT2D eigenvalue weighted by atomic mass is 35.5. The minimum Gasteiger partial charge on any atom is -0.435 e. The van der Waals surface area contributed by atoms with Crippen molar-refractivity contribution >= 4 is 23.2 Å². The molecule has 0 saturated carbocycles. The summed E-state index contributed by atoms with van der Waals surface area (Å²) in [6.07, 6.45) is 3.47. The number of alkyl halides is 2. The fraction of sp³-hybridized carbons (Fsp3) is 0.111. The topological polar surface area (TPSA) is 52.0 Å². The average Bonchev–Trinajstić information content (AvgIpc) is 3.10. The Labute approximate surface area is 152 Å². The smallest absolute Gasteiger partial charge is 0.387 e. The van der Waals surface area contributed by atoms with Crippen LogP contribution >= 0.6 is 11.6 Å². The van der Waals surface area contributed by atoms with Crippen LogP contribution < -0.4 is 10.1 Å². The quantitative estimate of drug-likeness (QED) is 0.725. The normalized spacial score (nSPS) is 16.0. The standard InChI is InChI=1S/C18H13ClF2N4O/c19-13-5-1-12(2-6-13)16-9-15(24-18-22-10-23-25(16)18)11-3-7-14(8-4-11)26-17(20)21/h1-10,16-17H,(H,22,23,24). The molecule has 26 heavy (non-hydrogen) atoms. The molecule has 1 aliphatic heterocycles. The molecule has 0 amide bonds. The number of aromatic nitrogens is 3. The van der Waals surface area contributed by atoms with Crippen LogP contribution in [0.15, 0.2) is 60.9 Å². The number of rotatable bonds is 4. The van der Waals surface area contributed by atoms with E-state index >= 15 is 0 Å². The van der Waals surface area contributed by atoms with Gasteiger partial charge in [0.25, 0.3) is 0 Å². The lowest BCUT2D eigenvalue weighted by molar-refractivity contribution is -0.0498. The predicted molar refractivity (Wildman–Crippen MR) is 94.3 cm³/mol. The molecule has 0 saturated heterocycles. The van der Waals surface area contributed by atoms with Crippen molar-refractivity contribution in [1.29, 1.82) is 0 Å². The molecule has 0 bridgehead atoms. The van der Waals surface area contributed by atoms with E-state index in [0.717, 1.165) is 16.8 Å². The summed E-state index contributed by atoms with van der Waals surface area (Å²) in [7, 11) is 0. The Kier molecular flexibility index (Phi) is 4.30. The number of nitrogens with one attached hydrogen (secondary N) is 1. The van der Waals surface area contributed by atoms with Gasteiger partial charge in [-0.3, -0.25) is 0 Å². The van der Waals surface area contributed by atoms with E-state index in [9.17, 15) is 8.78 Å². The maximum Gasteiger partial charge on any atom is 0.387 e. The van der Waals surface area contributed by atoms with Crippen LogP contribution in [0.2, 0.25) is 5.02 Å². The van der Waals surface area contributed by atoms with Crippen LogP contribution in [-0.2, 0) is 0 Å². The molecule has 3 aromatic rings. The summed E-state index contributed by atoms with van der Waals surface area (Å²) in [6, 6.07) is 13.7. The van der Waals surface area contributed by atoms with Crippen molar-refractivity contribution in [3.05, 3.63) is 77.1 Å². The maximum absolute atomic E-state index is 12.3. The number of fused-ring (bicyclic) bond motifs is 1. The average molecular weight is 375 g/mol. The molecule has 1 aliphatic rings. The first-order valence-corrected chi connectivity index (χ1v) is 8.17. The molecule has 0 aliphatic carbocycles. The summed E-state index contributed by atoms with van der Waals surface area (Å²) in [5, 5.41) is 8.13. The monoisotopic (exact) mass is 374 g/mol. The lowest BCUT2D eigenvalue weighted by Gasteiger charge is -2.24. The number of ether oxygens (including phenoxy) is 1. The SMILES string of the molecule is FC(F)Oc1ccc(C2=CC(c3ccc(Cl)cc3)n3ncnc3N2)cc1. The van der Waals surface area contributed by atoms with Gasteiger partial charge in [-0.15, -0.1) is 0 Å². The number of hydrogen-bond donors (Lipinski definition) is 1. The largest absolute Gasteiger partial charge is 0.435 e. The van der Waals surface area contributed by atoms with E-state index in [0.29, 0.717) is 11.0 Å². The Morgan fingerprint density at radius 3 is 2.50 bits per heavy atom. The lowest BCUT2D eigenvalue weighted by Crippen LogP contribution is -2.20. The van der Waals surface area contributed by atoms with Crippen molar-refractivity contribution in [3.8, 4) is 5.75 Å². The summed E-state index contributed by atoms with van der Waals surface area (Å²) >= 11 is 5.98. The van der Waals surface area contributed by atoms with Crippen molar-refractivity contribution in [2.24, 2.45) is 0 Å². The molecule has 4 rings (SSSR count). The number of halogens is 3. The number of hydrogen-bond acceptors (Lipinski definition) is 4. The van der Waals surface area contributed by atoms with Gasteiger partial charge in [0.15, 0.2) is 0 Å². The van der Waals surface area contributed by atoms with Crippen molar-refractivity contribution in [1.82, 2.24) is 14.8 Å². The van der Waals surface area contributed by atoms with Crippen molar-refractivity contribution in [2.75, 3.05) is 5.32 Å². The predicted octanol–water partition coefficient (Wildman–Crippen LogP) is 4.59. The third-order valence-electron chi connectivity index (χ3n) is 4.01. The van der Waals surface area contributed by atoms with Crippen LogP contribution in [0.25, 0.3) is 5.70 Å². The van der Waals surface area contributed by atoms with E-state index in [4.69, 9.17) is 11.6 Å². The fourth-order valence-corrected chi connectivity index (χ4v) is 2.94. The van der Waals surface area contributed by atoms with Crippen LogP contribution in [0.1, 0.15) is 17.2 Å². The van der Waals surface area contributed by atoms with Crippen LogP contribution in [0.4, 0.5) is 14.7 Å². The third-order valence-corrected chi connectivity index (χ3v) is 4.26. The Hall–Kier alpha value is -2.93. The molecule has 132 valence electrons. The molecular weight excluding hydrogens is 362 g/mol. The van der Waals surface area contributed by atoms with Gasteiger partial charge in [-0.25, -0.2) is 4.68 Å². The van der Waals surface area contributed by atoms with E-state index in [-0.39, 0.29) is 11.8 Å². The molecule has 0 spiro atoms. The Morgan fingerprint density at radius 2 is 1.81 bits per heavy atom. The first-order chi connectivity index (χ1) is 12.6. The van der Waals surface area contributed by atoms with Gasteiger partial charge >= 0.3 is 6.61 Å². The molecular formula is C18H13ClF2N4O. The number of nitrogens with zero attached hydrogens (tertiary/aromatic N) is 3. The molecule has 2 heterocycles. The van der Waals surface area contributed by atoms with Crippen molar-refractivity contribution in [2.45, 2.75) is 12.7 Å². The van der Waals surface area contributed by atoms with Crippen LogP contribution in [-0.4, -0.2) is 21.4 Å². The lowest BCUT2D eigenvalue weighted by atomic mass is 10.0. The zero-order chi connectivity index (χ0) is 18.1. The van der Waals surface area contributed by atoms with Gasteiger partial charge in [0.1, 0.15) is 18.1 Å². The third kappa shape index (κ3) is 3.25. The van der Waals surface area contributed by atoms with Crippen molar-refractivity contribution < 1.29 is 13.5 Å². The second-order valence-corrected chi connectivity index (χ2v) is 6.07. The van der Waals surface area contributed by atoms with Crippen LogP contribution in [0.5, 0.6) is 5.75 Å². The highest BCUT2D eigenvalue weighted by molar-refractivity contribution is 6.30. The summed E-state index contributed by atoms with van der Waals surface area (Å²) < 4.78 is 30.8. The number of anilines is 1. The summed E-state index contributed by atoms with van der Waals surface area (Å²) in [6.45, 7) is -2.85. The Balaban J connectivity index is 1.69. The van der Waals surface area contributed by atoms with E-state index < -0.39 is 6.61 Å². The van der Waals surface area contributed by atoms with Gasteiger partial charge in [-0.05, 0) is 53.6 Å². The number of allylic oxidation sites excluding steroid dienone is 1. The van der Waals surface area contributed by atoms with Gasteiger partial charge in [0.2, 0.25) is 5.95 Å². The van der Waals surface area contributed by atoms with Gasteiger partial charge in [-0.1, -0.05) is 23.7 Å². The second-order valence-electron chi connectivity index (χ2n) is 5.63. The summed E-state index contributed by atoms with van der Waals surface area (Å²) in [5.74, 6) is 0.702. The zero-order valence-electron chi connectivity index (χ0n) is 13.3. The first kappa shape index (κ1) is 16.5. The summed E-state index contributed by atoms with van der Waals surface area (Å²) in [5.41, 5.74) is 2.62. The number of benzene rings is 2. The van der Waals surface area contributed by atoms with Gasteiger partial charge < -0.3 is 10.1 Å². The highest BCUT2D eigenvalue weighted by Crippen LogP contribution is 2.32. The molecule has 1 N–H and O–H groups in total. The highest BCUT2D eigenvalue weighted by Gasteiger charge is 2.23. The Bertz CT molecular complexity index is 939. The molecule has 2 aromatic carbocycles. The molecule has 1 atom stereocenters. The van der Waals surface area contributed by atoms with E-state index in [1.165, 1.54) is 18.5 Å². The minimum atomic E-state index is -2.85. The molecule has 0 radical (unpaired) electrons. The molecule has 5 nitrogen and oxygen atoms in total. The zero-order valence-corrected chi connectivity index (χ0v) is 14.1.